The molecule has 1 aromatic carbocycles. The fourth-order valence-corrected chi connectivity index (χ4v) is 2.16. The molecular weight excluding hydrogens is 270 g/mol. The van der Waals surface area contributed by atoms with E-state index in [-0.39, 0.29) is 11.3 Å². The lowest BCUT2D eigenvalue weighted by Crippen LogP contribution is -1.99. The van der Waals surface area contributed by atoms with Crippen LogP contribution in [0.1, 0.15) is 10.4 Å². The summed E-state index contributed by atoms with van der Waals surface area (Å²) in [6.45, 7) is 0. The molecule has 0 saturated heterocycles. The number of carbonyl (C=O) groups is 1. The number of nitrogens with zero attached hydrogens (tertiary/aromatic N) is 3. The van der Waals surface area contributed by atoms with E-state index in [1.165, 1.54) is 30.7 Å². The molecule has 0 amide bonds. The summed E-state index contributed by atoms with van der Waals surface area (Å²) in [5, 5.41) is 20.3. The van der Waals surface area contributed by atoms with Gasteiger partial charge in [-0.15, -0.1) is 0 Å². The summed E-state index contributed by atoms with van der Waals surface area (Å²) in [5.41, 5.74) is -0.397. The van der Waals surface area contributed by atoms with Crippen molar-refractivity contribution in [1.82, 2.24) is 9.97 Å². The molecule has 2 rings (SSSR count). The van der Waals surface area contributed by atoms with Gasteiger partial charge in [0.05, 0.1) is 21.6 Å². The molecule has 0 aliphatic heterocycles. The largest absolute Gasteiger partial charge is 0.478 e. The summed E-state index contributed by atoms with van der Waals surface area (Å²) >= 11 is 1.05. The highest BCUT2D eigenvalue weighted by Gasteiger charge is 2.18. The molecule has 1 aromatic heterocycles. The molecule has 2 aromatic rings. The molecule has 0 unspecified atom stereocenters. The van der Waals surface area contributed by atoms with Crippen LogP contribution in [-0.4, -0.2) is 26.0 Å². The summed E-state index contributed by atoms with van der Waals surface area (Å²) in [6.07, 6.45) is 4.44. The highest BCUT2D eigenvalue weighted by Crippen LogP contribution is 2.33. The zero-order valence-corrected chi connectivity index (χ0v) is 10.2. The Hall–Kier alpha value is -2.48. The summed E-state index contributed by atoms with van der Waals surface area (Å²) in [4.78, 5) is 29.3. The number of nitro benzene ring substituents is 1. The van der Waals surface area contributed by atoms with E-state index in [1.807, 2.05) is 0 Å². The number of hydrogen-bond donors (Lipinski definition) is 1. The fraction of sp³-hybridized carbons (Fsp3) is 0. The smallest absolute Gasteiger partial charge is 0.335 e. The topological polar surface area (TPSA) is 106 Å². The Labute approximate surface area is 111 Å². The number of aromatic carboxylic acids is 1. The van der Waals surface area contributed by atoms with Crippen molar-refractivity contribution in [3.05, 3.63) is 52.5 Å². The molecular formula is C11H7N3O4S. The van der Waals surface area contributed by atoms with E-state index in [4.69, 9.17) is 5.11 Å². The molecule has 0 radical (unpaired) electrons. The van der Waals surface area contributed by atoms with Gasteiger partial charge in [0.2, 0.25) is 0 Å². The lowest BCUT2D eigenvalue weighted by Gasteiger charge is -2.03. The van der Waals surface area contributed by atoms with E-state index >= 15 is 0 Å². The Bertz CT molecular complexity index is 633. The summed E-state index contributed by atoms with van der Waals surface area (Å²) in [7, 11) is 0. The number of carboxylic acid groups (broad SMARTS) is 1. The maximum atomic E-state index is 11.0. The van der Waals surface area contributed by atoms with Crippen LogP contribution in [0.4, 0.5) is 5.69 Å². The highest BCUT2D eigenvalue weighted by atomic mass is 32.2. The van der Waals surface area contributed by atoms with Crippen molar-refractivity contribution in [2.24, 2.45) is 0 Å². The van der Waals surface area contributed by atoms with Crippen LogP contribution in [-0.2, 0) is 0 Å². The number of benzene rings is 1. The normalized spacial score (nSPS) is 10.1. The number of rotatable bonds is 4. The van der Waals surface area contributed by atoms with Gasteiger partial charge in [-0.3, -0.25) is 15.1 Å². The standard InChI is InChI=1S/C11H7N3O4S/c15-11(16)7-1-2-9(8(5-7)14(17)18)19-10-6-12-3-4-13-10/h1-6H,(H,15,16). The van der Waals surface area contributed by atoms with Crippen molar-refractivity contribution in [2.45, 2.75) is 9.92 Å². The van der Waals surface area contributed by atoms with E-state index < -0.39 is 10.9 Å². The molecule has 0 atom stereocenters. The summed E-state index contributed by atoms with van der Waals surface area (Å²) in [5.74, 6) is -1.21. The maximum Gasteiger partial charge on any atom is 0.335 e. The first-order valence-corrected chi connectivity index (χ1v) is 5.85. The van der Waals surface area contributed by atoms with E-state index in [2.05, 4.69) is 9.97 Å². The van der Waals surface area contributed by atoms with E-state index in [0.717, 1.165) is 17.8 Å². The fourth-order valence-electron chi connectivity index (χ4n) is 1.33. The minimum atomic E-state index is -1.21. The van der Waals surface area contributed by atoms with E-state index in [9.17, 15) is 14.9 Å². The Morgan fingerprint density at radius 1 is 1.37 bits per heavy atom. The average Bonchev–Trinajstić information content (AvgIpc) is 2.39. The Morgan fingerprint density at radius 2 is 2.16 bits per heavy atom. The van der Waals surface area contributed by atoms with Gasteiger partial charge in [0.1, 0.15) is 5.03 Å². The third-order valence-corrected chi connectivity index (χ3v) is 3.14. The number of aromatic nitrogens is 2. The van der Waals surface area contributed by atoms with Crippen molar-refractivity contribution < 1.29 is 14.8 Å². The molecule has 19 heavy (non-hydrogen) atoms. The van der Waals surface area contributed by atoms with Crippen molar-refractivity contribution in [1.29, 1.82) is 0 Å². The SMILES string of the molecule is O=C(O)c1ccc(Sc2cnccn2)c([N+](=O)[O-])c1. The monoisotopic (exact) mass is 277 g/mol. The third-order valence-electron chi connectivity index (χ3n) is 2.16. The van der Waals surface area contributed by atoms with Gasteiger partial charge >= 0.3 is 5.97 Å². The van der Waals surface area contributed by atoms with Gasteiger partial charge in [-0.05, 0) is 12.1 Å². The predicted octanol–water partition coefficient (Wildman–Crippen LogP) is 2.23. The number of hydrogen-bond acceptors (Lipinski definition) is 6. The van der Waals surface area contributed by atoms with Crippen LogP contribution >= 0.6 is 11.8 Å². The van der Waals surface area contributed by atoms with E-state index in [0.29, 0.717) is 9.92 Å². The van der Waals surface area contributed by atoms with Crippen LogP contribution in [0, 0.1) is 10.1 Å². The van der Waals surface area contributed by atoms with Gasteiger partial charge in [-0.1, -0.05) is 11.8 Å². The van der Waals surface area contributed by atoms with E-state index in [1.54, 1.807) is 0 Å². The quantitative estimate of drug-likeness (QED) is 0.674. The van der Waals surface area contributed by atoms with Crippen molar-refractivity contribution in [3.63, 3.8) is 0 Å². The number of nitro groups is 1. The molecule has 7 nitrogen and oxygen atoms in total. The van der Waals surface area contributed by atoms with Gasteiger partial charge in [-0.25, -0.2) is 9.78 Å². The molecule has 1 N–H and O–H groups in total. The number of carboxylic acids is 1. The minimum Gasteiger partial charge on any atom is -0.478 e. The van der Waals surface area contributed by atoms with Crippen LogP contribution in [0.15, 0.2) is 46.7 Å². The van der Waals surface area contributed by atoms with Crippen LogP contribution in [0.25, 0.3) is 0 Å². The Kier molecular flexibility index (Phi) is 3.71. The van der Waals surface area contributed by atoms with Crippen molar-refractivity contribution in [3.8, 4) is 0 Å². The molecule has 0 saturated carbocycles. The van der Waals surface area contributed by atoms with Gasteiger partial charge in [-0.2, -0.15) is 0 Å². The van der Waals surface area contributed by atoms with Gasteiger partial charge in [0, 0.05) is 18.5 Å². The van der Waals surface area contributed by atoms with Crippen LogP contribution in [0.2, 0.25) is 0 Å². The highest BCUT2D eigenvalue weighted by molar-refractivity contribution is 7.99. The average molecular weight is 277 g/mol. The van der Waals surface area contributed by atoms with Crippen LogP contribution < -0.4 is 0 Å². The Morgan fingerprint density at radius 3 is 2.74 bits per heavy atom. The summed E-state index contributed by atoms with van der Waals surface area (Å²) in [6, 6.07) is 3.73. The van der Waals surface area contributed by atoms with Crippen molar-refractivity contribution >= 4 is 23.4 Å². The molecule has 0 spiro atoms. The van der Waals surface area contributed by atoms with Crippen molar-refractivity contribution in [2.75, 3.05) is 0 Å². The second-order valence-corrected chi connectivity index (χ2v) is 4.45. The lowest BCUT2D eigenvalue weighted by atomic mass is 10.2. The maximum absolute atomic E-state index is 11.0. The van der Waals surface area contributed by atoms with Gasteiger partial charge in [0.25, 0.3) is 5.69 Å². The molecule has 0 fully saturated rings. The predicted molar refractivity (Wildman–Crippen MR) is 66.2 cm³/mol. The Balaban J connectivity index is 2.40. The van der Waals surface area contributed by atoms with Crippen LogP contribution in [0.3, 0.4) is 0 Å². The second-order valence-electron chi connectivity index (χ2n) is 3.39. The molecule has 0 bridgehead atoms. The summed E-state index contributed by atoms with van der Waals surface area (Å²) < 4.78 is 0. The first-order valence-electron chi connectivity index (χ1n) is 5.03. The third kappa shape index (κ3) is 3.05. The molecule has 1 heterocycles. The zero-order valence-electron chi connectivity index (χ0n) is 9.39. The second kappa shape index (κ2) is 5.44. The van der Waals surface area contributed by atoms with Gasteiger partial charge < -0.3 is 5.11 Å². The van der Waals surface area contributed by atoms with Gasteiger partial charge in [0.15, 0.2) is 0 Å². The first-order chi connectivity index (χ1) is 9.08. The molecule has 96 valence electrons. The molecule has 8 heteroatoms. The first kappa shape index (κ1) is 13.0. The minimum absolute atomic E-state index is 0.129. The zero-order chi connectivity index (χ0) is 13.8. The molecule has 0 aliphatic rings. The molecule has 0 aliphatic carbocycles. The van der Waals surface area contributed by atoms with Crippen LogP contribution in [0.5, 0.6) is 0 Å². The lowest BCUT2D eigenvalue weighted by molar-refractivity contribution is -0.387.